The number of likely N-dealkylation sites (tertiary alicyclic amines) is 1. The van der Waals surface area contributed by atoms with E-state index in [1.807, 2.05) is 6.07 Å². The predicted molar refractivity (Wildman–Crippen MR) is 132 cm³/mol. The van der Waals surface area contributed by atoms with E-state index in [1.54, 1.807) is 43.5 Å². The molecule has 0 unspecified atom stereocenters. The molecule has 1 heterocycles. The van der Waals surface area contributed by atoms with Gasteiger partial charge in [0.05, 0.1) is 32.9 Å². The molecular weight excluding hydrogens is 465 g/mol. The molecule has 1 aliphatic rings. The Balaban J connectivity index is 1.73. The first-order valence-corrected chi connectivity index (χ1v) is 11.3. The number of ether oxygens (including phenoxy) is 3. The fourth-order valence-electron chi connectivity index (χ4n) is 4.29. The van der Waals surface area contributed by atoms with Gasteiger partial charge in [0.25, 0.3) is 11.7 Å². The molecule has 0 radical (unpaired) electrons. The summed E-state index contributed by atoms with van der Waals surface area (Å²) in [5.41, 5.74) is 1.69. The Bertz CT molecular complexity index is 1300. The second-order valence-electron chi connectivity index (χ2n) is 8.21. The Morgan fingerprint density at radius 1 is 0.889 bits per heavy atom. The maximum absolute atomic E-state index is 13.7. The third-order valence-electron chi connectivity index (χ3n) is 6.18. The van der Waals surface area contributed by atoms with E-state index >= 15 is 0 Å². The van der Waals surface area contributed by atoms with Crippen molar-refractivity contribution in [1.29, 1.82) is 0 Å². The second kappa shape index (κ2) is 10.5. The quantitative estimate of drug-likeness (QED) is 0.283. The molecule has 3 aromatic carbocycles. The number of rotatable bonds is 8. The lowest BCUT2D eigenvalue weighted by Gasteiger charge is -2.25. The highest BCUT2D eigenvalue weighted by molar-refractivity contribution is 6.46. The standard InChI is InChI=1S/C28H26FNO6/c1-34-21-11-7-19(8-12-21)26(31)24-25(18-5-9-20(29)10-6-18)30(28(33)27(24)32)15-14-17-4-13-22(35-2)23(16-17)36-3/h4-13,16,25,31H,14-15H2,1-3H3/t25-/m0/s1. The zero-order valence-electron chi connectivity index (χ0n) is 20.2. The van der Waals surface area contributed by atoms with Gasteiger partial charge < -0.3 is 24.2 Å². The smallest absolute Gasteiger partial charge is 0.295 e. The van der Waals surface area contributed by atoms with E-state index in [4.69, 9.17) is 14.2 Å². The van der Waals surface area contributed by atoms with Gasteiger partial charge in [-0.1, -0.05) is 18.2 Å². The predicted octanol–water partition coefficient (Wildman–Crippen LogP) is 4.52. The molecule has 3 aromatic rings. The third kappa shape index (κ3) is 4.75. The number of ketones is 1. The van der Waals surface area contributed by atoms with Crippen LogP contribution in [0.1, 0.15) is 22.7 Å². The number of methoxy groups -OCH3 is 3. The molecule has 8 heteroatoms. The minimum Gasteiger partial charge on any atom is -0.507 e. The number of carbonyl (C=O) groups is 2. The maximum atomic E-state index is 13.7. The van der Waals surface area contributed by atoms with Gasteiger partial charge in [-0.2, -0.15) is 0 Å². The van der Waals surface area contributed by atoms with Gasteiger partial charge in [-0.15, -0.1) is 0 Å². The van der Waals surface area contributed by atoms with Crippen LogP contribution in [-0.2, 0) is 16.0 Å². The van der Waals surface area contributed by atoms with Crippen LogP contribution in [0.15, 0.2) is 72.3 Å². The summed E-state index contributed by atoms with van der Waals surface area (Å²) in [7, 11) is 4.60. The molecule has 0 spiro atoms. The summed E-state index contributed by atoms with van der Waals surface area (Å²) in [6.45, 7) is 0.182. The Morgan fingerprint density at radius 2 is 1.56 bits per heavy atom. The molecule has 1 atom stereocenters. The highest BCUT2D eigenvalue weighted by Crippen LogP contribution is 2.40. The van der Waals surface area contributed by atoms with Crippen LogP contribution in [0.2, 0.25) is 0 Å². The van der Waals surface area contributed by atoms with Crippen molar-refractivity contribution >= 4 is 17.4 Å². The molecule has 0 bridgehead atoms. The number of Topliss-reactive ketones (excluding diaryl/α,β-unsaturated/α-hetero) is 1. The summed E-state index contributed by atoms with van der Waals surface area (Å²) < 4.78 is 29.5. The van der Waals surface area contributed by atoms with Gasteiger partial charge in [-0.25, -0.2) is 4.39 Å². The molecule has 4 rings (SSSR count). The summed E-state index contributed by atoms with van der Waals surface area (Å²) in [4.78, 5) is 27.7. The van der Waals surface area contributed by atoms with Crippen LogP contribution in [-0.4, -0.2) is 49.6 Å². The number of carbonyl (C=O) groups excluding carboxylic acids is 2. The molecule has 1 fully saturated rings. The van der Waals surface area contributed by atoms with Crippen molar-refractivity contribution < 1.29 is 33.3 Å². The lowest BCUT2D eigenvalue weighted by atomic mass is 9.95. The van der Waals surface area contributed by atoms with E-state index in [0.29, 0.717) is 34.8 Å². The van der Waals surface area contributed by atoms with Gasteiger partial charge in [0.2, 0.25) is 0 Å². The Kier molecular flexibility index (Phi) is 7.24. The Labute approximate surface area is 208 Å². The van der Waals surface area contributed by atoms with Crippen LogP contribution in [0, 0.1) is 5.82 Å². The van der Waals surface area contributed by atoms with Crippen molar-refractivity contribution in [3.63, 3.8) is 0 Å². The normalized spacial score (nSPS) is 16.8. The zero-order valence-corrected chi connectivity index (χ0v) is 20.2. The molecular formula is C28H26FNO6. The van der Waals surface area contributed by atoms with Crippen LogP contribution in [0.5, 0.6) is 17.2 Å². The third-order valence-corrected chi connectivity index (χ3v) is 6.18. The van der Waals surface area contributed by atoms with Gasteiger partial charge in [-0.3, -0.25) is 9.59 Å². The largest absolute Gasteiger partial charge is 0.507 e. The molecule has 7 nitrogen and oxygen atoms in total. The molecule has 186 valence electrons. The summed E-state index contributed by atoms with van der Waals surface area (Å²) in [6.07, 6.45) is 0.410. The number of amides is 1. The molecule has 0 aliphatic carbocycles. The minimum absolute atomic E-state index is 0.0518. The number of nitrogens with zero attached hydrogens (tertiary/aromatic N) is 1. The van der Waals surface area contributed by atoms with Crippen molar-refractivity contribution in [3.05, 3.63) is 94.8 Å². The topological polar surface area (TPSA) is 85.3 Å². The number of halogens is 1. The average Bonchev–Trinajstić information content (AvgIpc) is 3.16. The van der Waals surface area contributed by atoms with E-state index in [9.17, 15) is 19.1 Å². The van der Waals surface area contributed by atoms with Crippen molar-refractivity contribution in [2.45, 2.75) is 12.5 Å². The first-order valence-electron chi connectivity index (χ1n) is 11.3. The van der Waals surface area contributed by atoms with Crippen LogP contribution in [0.3, 0.4) is 0 Å². The molecule has 36 heavy (non-hydrogen) atoms. The van der Waals surface area contributed by atoms with E-state index in [2.05, 4.69) is 0 Å². The highest BCUT2D eigenvalue weighted by Gasteiger charge is 2.45. The van der Waals surface area contributed by atoms with Crippen molar-refractivity contribution in [2.75, 3.05) is 27.9 Å². The first-order chi connectivity index (χ1) is 17.4. The summed E-state index contributed by atoms with van der Waals surface area (Å²) in [5.74, 6) is -0.587. The summed E-state index contributed by atoms with van der Waals surface area (Å²) >= 11 is 0. The molecule has 1 aliphatic heterocycles. The Morgan fingerprint density at radius 3 is 2.17 bits per heavy atom. The van der Waals surface area contributed by atoms with E-state index < -0.39 is 23.5 Å². The second-order valence-corrected chi connectivity index (χ2v) is 8.21. The lowest BCUT2D eigenvalue weighted by Crippen LogP contribution is -2.31. The van der Waals surface area contributed by atoms with Crippen molar-refractivity contribution in [2.24, 2.45) is 0 Å². The highest BCUT2D eigenvalue weighted by atomic mass is 19.1. The number of aliphatic hydroxyl groups excluding tert-OH is 1. The number of aliphatic hydroxyl groups is 1. The van der Waals surface area contributed by atoms with Crippen LogP contribution in [0.4, 0.5) is 4.39 Å². The lowest BCUT2D eigenvalue weighted by molar-refractivity contribution is -0.139. The molecule has 1 amide bonds. The minimum atomic E-state index is -0.882. The fourth-order valence-corrected chi connectivity index (χ4v) is 4.29. The molecule has 1 N–H and O–H groups in total. The van der Waals surface area contributed by atoms with E-state index in [1.165, 1.54) is 43.4 Å². The average molecular weight is 492 g/mol. The van der Waals surface area contributed by atoms with E-state index in [-0.39, 0.29) is 17.9 Å². The first kappa shape index (κ1) is 24.8. The summed E-state index contributed by atoms with van der Waals surface area (Å²) in [5, 5.41) is 11.1. The van der Waals surface area contributed by atoms with Crippen molar-refractivity contribution in [3.8, 4) is 17.2 Å². The number of hydrogen-bond donors (Lipinski definition) is 1. The van der Waals surface area contributed by atoms with Gasteiger partial charge in [0, 0.05) is 12.1 Å². The van der Waals surface area contributed by atoms with Gasteiger partial charge in [-0.05, 0) is 66.1 Å². The van der Waals surface area contributed by atoms with Gasteiger partial charge >= 0.3 is 0 Å². The molecule has 0 aromatic heterocycles. The summed E-state index contributed by atoms with van der Waals surface area (Å²) in [6, 6.07) is 16.6. The van der Waals surface area contributed by atoms with Crippen LogP contribution < -0.4 is 14.2 Å². The van der Waals surface area contributed by atoms with Crippen LogP contribution in [0.25, 0.3) is 5.76 Å². The SMILES string of the molecule is COc1ccc(C(O)=C2C(=O)C(=O)N(CCc3ccc(OC)c(OC)c3)[C@H]2c2ccc(F)cc2)cc1. The number of hydrogen-bond acceptors (Lipinski definition) is 6. The van der Waals surface area contributed by atoms with Crippen molar-refractivity contribution in [1.82, 2.24) is 4.90 Å². The molecule has 1 saturated heterocycles. The maximum Gasteiger partial charge on any atom is 0.295 e. The monoisotopic (exact) mass is 491 g/mol. The van der Waals surface area contributed by atoms with Crippen LogP contribution >= 0.6 is 0 Å². The van der Waals surface area contributed by atoms with Gasteiger partial charge in [0.1, 0.15) is 17.3 Å². The number of benzene rings is 3. The fraction of sp³-hybridized carbons (Fsp3) is 0.214. The zero-order chi connectivity index (χ0) is 25.8. The van der Waals surface area contributed by atoms with Gasteiger partial charge in [0.15, 0.2) is 11.5 Å². The molecule has 0 saturated carbocycles. The van der Waals surface area contributed by atoms with E-state index in [0.717, 1.165) is 5.56 Å². The Hall–Kier alpha value is -4.33.